The van der Waals surface area contributed by atoms with Gasteiger partial charge in [-0.1, -0.05) is 51.7 Å². The molecule has 2 heterocycles. The van der Waals surface area contributed by atoms with Gasteiger partial charge in [0, 0.05) is 37.0 Å². The third-order valence-electron chi connectivity index (χ3n) is 4.95. The summed E-state index contributed by atoms with van der Waals surface area (Å²) in [4.78, 5) is 23.3. The van der Waals surface area contributed by atoms with Gasteiger partial charge in [0.25, 0.3) is 0 Å². The van der Waals surface area contributed by atoms with Gasteiger partial charge in [-0.25, -0.2) is 4.79 Å². The molecule has 7 N–H and O–H groups in total. The minimum Gasteiger partial charge on any atom is -0.397 e. The molecule has 0 aliphatic carbocycles. The van der Waals surface area contributed by atoms with Gasteiger partial charge in [-0.05, 0) is 50.6 Å². The molecule has 3 aromatic rings. The smallest absolute Gasteiger partial charge is 0.354 e. The van der Waals surface area contributed by atoms with Gasteiger partial charge in [0.05, 0.1) is 5.69 Å². The lowest BCUT2D eigenvalue weighted by atomic mass is 10.2. The largest absolute Gasteiger partial charge is 0.397 e. The van der Waals surface area contributed by atoms with Crippen LogP contribution in [0.25, 0.3) is 16.7 Å². The van der Waals surface area contributed by atoms with Crippen molar-refractivity contribution in [2.24, 2.45) is 16.5 Å². The lowest BCUT2D eigenvalue weighted by molar-refractivity contribution is 0.318. The molecule has 9 heteroatoms. The fourth-order valence-corrected chi connectivity index (χ4v) is 3.24. The summed E-state index contributed by atoms with van der Waals surface area (Å²) in [6.45, 7) is 10.5. The van der Waals surface area contributed by atoms with Crippen LogP contribution in [0.5, 0.6) is 0 Å². The van der Waals surface area contributed by atoms with Gasteiger partial charge in [-0.2, -0.15) is 4.98 Å². The second-order valence-corrected chi connectivity index (χ2v) is 8.18. The lowest BCUT2D eigenvalue weighted by Gasteiger charge is -2.08. The number of H-pyrrole nitrogens is 1. The van der Waals surface area contributed by atoms with Gasteiger partial charge in [0.2, 0.25) is 0 Å². The number of aliphatic hydroxyl groups is 1. The Bertz CT molecular complexity index is 1050. The highest BCUT2D eigenvalue weighted by Gasteiger charge is 2.06. The summed E-state index contributed by atoms with van der Waals surface area (Å²) in [5.74, 6) is 0.123. The van der Waals surface area contributed by atoms with E-state index in [0.717, 1.165) is 41.8 Å². The maximum Gasteiger partial charge on any atom is 0.354 e. The Kier molecular flexibility index (Phi) is 14.8. The molecule has 0 spiro atoms. The number of aliphatic imine (C=N–C) groups is 1. The fraction of sp³-hybridized carbons (Fsp3) is 0.500. The molecular weight excluding hydrogens is 442 g/mol. The molecule has 9 nitrogen and oxygen atoms in total. The van der Waals surface area contributed by atoms with Gasteiger partial charge in [-0.15, -0.1) is 0 Å². The zero-order valence-corrected chi connectivity index (χ0v) is 21.7. The molecule has 0 saturated carbocycles. The monoisotopic (exact) mass is 485 g/mol. The number of benzene rings is 1. The Morgan fingerprint density at radius 3 is 2.31 bits per heavy atom. The number of aryl methyl sites for hydroxylation is 1. The van der Waals surface area contributed by atoms with Gasteiger partial charge in [0.15, 0.2) is 5.96 Å². The predicted molar refractivity (Wildman–Crippen MR) is 146 cm³/mol. The van der Waals surface area contributed by atoms with E-state index in [-0.39, 0.29) is 18.3 Å². The Morgan fingerprint density at radius 1 is 1.11 bits per heavy atom. The first-order chi connectivity index (χ1) is 16.9. The van der Waals surface area contributed by atoms with E-state index >= 15 is 0 Å². The van der Waals surface area contributed by atoms with Crippen molar-refractivity contribution in [3.8, 4) is 5.69 Å². The van der Waals surface area contributed by atoms with Gasteiger partial charge in [0.1, 0.15) is 5.65 Å². The lowest BCUT2D eigenvalue weighted by Crippen LogP contribution is -2.23. The van der Waals surface area contributed by atoms with Crippen LogP contribution in [-0.4, -0.2) is 45.3 Å². The molecule has 0 aliphatic rings. The molecule has 1 aromatic carbocycles. The van der Waals surface area contributed by atoms with E-state index in [9.17, 15) is 4.79 Å². The number of nitrogens with zero attached hydrogens (tertiary/aromatic N) is 3. The molecule has 35 heavy (non-hydrogen) atoms. The normalized spacial score (nSPS) is 10.2. The summed E-state index contributed by atoms with van der Waals surface area (Å²) in [6, 6.07) is 9.81. The molecule has 0 aliphatic heterocycles. The third kappa shape index (κ3) is 11.7. The van der Waals surface area contributed by atoms with Crippen molar-refractivity contribution < 1.29 is 5.11 Å². The van der Waals surface area contributed by atoms with Crippen molar-refractivity contribution >= 4 is 17.0 Å². The highest BCUT2D eigenvalue weighted by atomic mass is 16.2. The number of hydrogen-bond acceptors (Lipinski definition) is 5. The summed E-state index contributed by atoms with van der Waals surface area (Å²) < 4.78 is 1.56. The average Bonchev–Trinajstić information content (AvgIpc) is 3.19. The van der Waals surface area contributed by atoms with E-state index in [2.05, 4.69) is 34.1 Å². The summed E-state index contributed by atoms with van der Waals surface area (Å²) in [6.07, 6.45) is 8.22. The number of aromatic nitrogens is 3. The number of guanidine groups is 1. The van der Waals surface area contributed by atoms with Crippen molar-refractivity contribution in [2.75, 3.05) is 19.7 Å². The van der Waals surface area contributed by atoms with E-state index in [1.54, 1.807) is 11.5 Å². The molecule has 0 atom stereocenters. The Morgan fingerprint density at radius 2 is 1.74 bits per heavy atom. The van der Waals surface area contributed by atoms with Crippen LogP contribution in [-0.2, 0) is 6.54 Å². The van der Waals surface area contributed by atoms with E-state index in [0.29, 0.717) is 12.2 Å². The van der Waals surface area contributed by atoms with Crippen LogP contribution in [0.1, 0.15) is 64.1 Å². The number of rotatable bonds is 10. The zero-order valence-electron chi connectivity index (χ0n) is 21.7. The highest BCUT2D eigenvalue weighted by molar-refractivity contribution is 5.76. The second-order valence-electron chi connectivity index (χ2n) is 8.18. The molecule has 0 radical (unpaired) electrons. The number of unbranched alkanes of at least 4 members (excludes halogenated alkanes) is 3. The second kappa shape index (κ2) is 17.3. The molecule has 0 amide bonds. The minimum atomic E-state index is -0.301. The first kappa shape index (κ1) is 29.9. The highest BCUT2D eigenvalue weighted by Crippen LogP contribution is 2.13. The quantitative estimate of drug-likeness (QED) is 0.169. The van der Waals surface area contributed by atoms with E-state index < -0.39 is 0 Å². The summed E-state index contributed by atoms with van der Waals surface area (Å²) in [5, 5.41) is 11.8. The van der Waals surface area contributed by atoms with E-state index in [1.807, 2.05) is 43.5 Å². The molecule has 0 unspecified atom stereocenters. The SMILES string of the molecule is CCCCCC.CCO.Cc1cc2cn(-c3ccc(CNCCCN=C(N)N)cc3)c(=O)nc2[nH]1. The summed E-state index contributed by atoms with van der Waals surface area (Å²) >= 11 is 0. The Labute approximate surface area is 208 Å². The first-order valence-corrected chi connectivity index (χ1v) is 12.4. The van der Waals surface area contributed by atoms with Crippen molar-refractivity contribution in [1.82, 2.24) is 19.9 Å². The average molecular weight is 486 g/mol. The van der Waals surface area contributed by atoms with E-state index in [4.69, 9.17) is 16.6 Å². The minimum absolute atomic E-state index is 0.123. The van der Waals surface area contributed by atoms with Gasteiger partial charge < -0.3 is 26.9 Å². The zero-order chi connectivity index (χ0) is 26.1. The molecule has 0 saturated heterocycles. The maximum atomic E-state index is 12.2. The van der Waals surface area contributed by atoms with Crippen LogP contribution in [0.2, 0.25) is 0 Å². The number of aliphatic hydroxyl groups excluding tert-OH is 1. The van der Waals surface area contributed by atoms with Crippen LogP contribution in [0.4, 0.5) is 0 Å². The van der Waals surface area contributed by atoms with Gasteiger partial charge in [-0.3, -0.25) is 9.56 Å². The maximum absolute atomic E-state index is 12.2. The van der Waals surface area contributed by atoms with Crippen molar-refractivity contribution in [2.45, 2.75) is 66.3 Å². The van der Waals surface area contributed by atoms with Crippen LogP contribution >= 0.6 is 0 Å². The topological polar surface area (TPSA) is 147 Å². The number of hydrogen-bond donors (Lipinski definition) is 5. The number of aromatic amines is 1. The van der Waals surface area contributed by atoms with Crippen LogP contribution in [0, 0.1) is 6.92 Å². The van der Waals surface area contributed by atoms with Crippen LogP contribution in [0.3, 0.4) is 0 Å². The van der Waals surface area contributed by atoms with Crippen LogP contribution in [0.15, 0.2) is 46.3 Å². The number of fused-ring (bicyclic) bond motifs is 1. The van der Waals surface area contributed by atoms with Crippen molar-refractivity contribution in [1.29, 1.82) is 0 Å². The molecule has 0 fully saturated rings. The Hall–Kier alpha value is -3.17. The summed E-state index contributed by atoms with van der Waals surface area (Å²) in [7, 11) is 0. The summed E-state index contributed by atoms with van der Waals surface area (Å²) in [5.41, 5.74) is 13.8. The molecule has 2 aromatic heterocycles. The van der Waals surface area contributed by atoms with E-state index in [1.165, 1.54) is 25.7 Å². The van der Waals surface area contributed by atoms with Crippen molar-refractivity contribution in [3.63, 3.8) is 0 Å². The molecule has 3 rings (SSSR count). The fourth-order valence-electron chi connectivity index (χ4n) is 3.24. The Balaban J connectivity index is 0.000000586. The third-order valence-corrected chi connectivity index (χ3v) is 4.95. The number of nitrogens with two attached hydrogens (primary N) is 2. The predicted octanol–water partition coefficient (Wildman–Crippen LogP) is 3.36. The standard InChI is InChI=1S/C18H23N7O.C6H14.C2H6O/c1-12-9-14-11-25(18(26)24-16(14)23-12)15-5-3-13(4-6-15)10-21-7-2-8-22-17(19)20;1-3-5-6-4-2;1-2-3/h3-6,9,11,21H,2,7-8,10H2,1H3,(H4,19,20,22)(H,23,24,26);3-6H2,1-2H3;3H,2H2,1H3. The molecule has 194 valence electrons. The molecular formula is C26H43N7O2. The first-order valence-electron chi connectivity index (χ1n) is 12.4. The van der Waals surface area contributed by atoms with Gasteiger partial charge >= 0.3 is 5.69 Å². The van der Waals surface area contributed by atoms with Crippen molar-refractivity contribution in [3.05, 3.63) is 58.3 Å². The number of nitrogens with one attached hydrogen (secondary N) is 2. The molecule has 0 bridgehead atoms. The van der Waals surface area contributed by atoms with Crippen LogP contribution < -0.4 is 22.5 Å².